The number of nitrogens with one attached hydrogen (secondary N) is 1. The lowest BCUT2D eigenvalue weighted by Gasteiger charge is -2.44. The number of likely N-dealkylation sites (tertiary alicyclic amines) is 1. The molecule has 3 aliphatic heterocycles. The van der Waals surface area contributed by atoms with Gasteiger partial charge in [0.15, 0.2) is 0 Å². The highest BCUT2D eigenvalue weighted by molar-refractivity contribution is 5.11. The van der Waals surface area contributed by atoms with Crippen molar-refractivity contribution in [3.05, 3.63) is 0 Å². The number of fused-ring (bicyclic) bond motifs is 1. The van der Waals surface area contributed by atoms with Crippen molar-refractivity contribution in [2.45, 2.75) is 50.6 Å². The second-order valence-electron chi connectivity index (χ2n) is 6.27. The molecule has 0 unspecified atom stereocenters. The molecule has 1 saturated carbocycles. The number of nitrogens with zero attached hydrogens (tertiary/aromatic N) is 1. The van der Waals surface area contributed by atoms with Crippen molar-refractivity contribution in [2.75, 3.05) is 19.6 Å². The minimum absolute atomic E-state index is 0.462. The van der Waals surface area contributed by atoms with Crippen molar-refractivity contribution in [2.24, 2.45) is 5.92 Å². The molecule has 0 spiro atoms. The van der Waals surface area contributed by atoms with Gasteiger partial charge in [0.25, 0.3) is 0 Å². The van der Waals surface area contributed by atoms with Crippen molar-refractivity contribution in [1.29, 1.82) is 0 Å². The Kier molecular flexibility index (Phi) is 1.79. The normalized spacial score (nSPS) is 45.4. The van der Waals surface area contributed by atoms with E-state index >= 15 is 0 Å². The van der Waals surface area contributed by atoms with Crippen molar-refractivity contribution >= 4 is 0 Å². The zero-order valence-electron chi connectivity index (χ0n) is 9.47. The van der Waals surface area contributed by atoms with Gasteiger partial charge >= 0.3 is 0 Å². The van der Waals surface area contributed by atoms with Crippen LogP contribution in [0.25, 0.3) is 0 Å². The number of hydrogen-bond donors (Lipinski definition) is 1. The van der Waals surface area contributed by atoms with Gasteiger partial charge in [0.1, 0.15) is 0 Å². The summed E-state index contributed by atoms with van der Waals surface area (Å²) in [7, 11) is 0. The van der Waals surface area contributed by atoms with E-state index < -0.39 is 0 Å². The summed E-state index contributed by atoms with van der Waals surface area (Å²) >= 11 is 0. The first-order valence-corrected chi connectivity index (χ1v) is 6.10. The van der Waals surface area contributed by atoms with E-state index in [9.17, 15) is 0 Å². The summed E-state index contributed by atoms with van der Waals surface area (Å²) in [5.74, 6) is 1.01. The van der Waals surface area contributed by atoms with Crippen LogP contribution in [0.4, 0.5) is 0 Å². The van der Waals surface area contributed by atoms with Crippen LogP contribution < -0.4 is 5.32 Å². The SMILES string of the molecule is CC1(C)CCCN1CC12CC(CN1)C2. The summed E-state index contributed by atoms with van der Waals surface area (Å²) in [6.45, 7) is 8.72. The molecule has 14 heavy (non-hydrogen) atoms. The maximum Gasteiger partial charge on any atom is 0.0315 e. The highest BCUT2D eigenvalue weighted by atomic mass is 15.3. The van der Waals surface area contributed by atoms with Gasteiger partial charge < -0.3 is 5.32 Å². The Morgan fingerprint density at radius 2 is 2.14 bits per heavy atom. The summed E-state index contributed by atoms with van der Waals surface area (Å²) in [6.07, 6.45) is 5.66. The van der Waals surface area contributed by atoms with E-state index in [1.54, 1.807) is 0 Å². The molecule has 0 aromatic carbocycles. The lowest BCUT2D eigenvalue weighted by molar-refractivity contribution is 0.0903. The van der Waals surface area contributed by atoms with E-state index in [1.165, 1.54) is 45.3 Å². The van der Waals surface area contributed by atoms with Crippen molar-refractivity contribution in [3.63, 3.8) is 0 Å². The van der Waals surface area contributed by atoms with Gasteiger partial charge in [0.2, 0.25) is 0 Å². The van der Waals surface area contributed by atoms with Gasteiger partial charge in [-0.2, -0.15) is 0 Å². The zero-order chi connectivity index (χ0) is 9.81. The van der Waals surface area contributed by atoms with Crippen molar-refractivity contribution in [3.8, 4) is 0 Å². The molecule has 1 N–H and O–H groups in total. The van der Waals surface area contributed by atoms with Crippen LogP contribution in [0.1, 0.15) is 39.5 Å². The molecule has 2 nitrogen and oxygen atoms in total. The number of hydrogen-bond acceptors (Lipinski definition) is 2. The van der Waals surface area contributed by atoms with Crippen molar-refractivity contribution in [1.82, 2.24) is 10.2 Å². The standard InChI is InChI=1S/C12H22N2/c1-11(2)4-3-5-14(11)9-12-6-10(7-12)8-13-12/h10,13H,3-9H2,1-2H3. The first-order chi connectivity index (χ1) is 6.60. The molecule has 1 aliphatic carbocycles. The van der Waals surface area contributed by atoms with Crippen molar-refractivity contribution < 1.29 is 0 Å². The van der Waals surface area contributed by atoms with Crippen LogP contribution in [0.3, 0.4) is 0 Å². The quantitative estimate of drug-likeness (QED) is 0.718. The monoisotopic (exact) mass is 194 g/mol. The predicted octanol–water partition coefficient (Wildman–Crippen LogP) is 1.61. The molecular formula is C12H22N2. The Morgan fingerprint density at radius 1 is 1.36 bits per heavy atom. The third-order valence-electron chi connectivity index (χ3n) is 4.69. The highest BCUT2D eigenvalue weighted by Gasteiger charge is 2.52. The summed E-state index contributed by atoms with van der Waals surface area (Å²) in [4.78, 5) is 2.71. The molecule has 2 heteroatoms. The van der Waals surface area contributed by atoms with Crippen LogP contribution in [-0.4, -0.2) is 35.6 Å². The molecule has 4 fully saturated rings. The molecule has 0 atom stereocenters. The van der Waals surface area contributed by atoms with Gasteiger partial charge in [-0.05, 0) is 58.5 Å². The van der Waals surface area contributed by atoms with E-state index in [4.69, 9.17) is 0 Å². The minimum atomic E-state index is 0.462. The fourth-order valence-electron chi connectivity index (χ4n) is 3.70. The Hall–Kier alpha value is -0.0800. The molecule has 3 saturated heterocycles. The number of rotatable bonds is 2. The van der Waals surface area contributed by atoms with Gasteiger partial charge in [-0.25, -0.2) is 0 Å². The Labute approximate surface area is 87.0 Å². The third-order valence-corrected chi connectivity index (χ3v) is 4.69. The molecule has 0 amide bonds. The van der Waals surface area contributed by atoms with Crippen LogP contribution in [0, 0.1) is 5.92 Å². The van der Waals surface area contributed by atoms with E-state index in [1.807, 2.05) is 0 Å². The predicted molar refractivity (Wildman–Crippen MR) is 58.3 cm³/mol. The molecule has 0 radical (unpaired) electrons. The molecule has 2 bridgehead atoms. The Morgan fingerprint density at radius 3 is 2.64 bits per heavy atom. The topological polar surface area (TPSA) is 15.3 Å². The third kappa shape index (κ3) is 1.24. The summed E-state index contributed by atoms with van der Waals surface area (Å²) in [5.41, 5.74) is 0.996. The Balaban J connectivity index is 1.67. The van der Waals surface area contributed by atoms with Gasteiger partial charge in [-0.15, -0.1) is 0 Å². The van der Waals surface area contributed by atoms with Gasteiger partial charge in [-0.1, -0.05) is 0 Å². The van der Waals surface area contributed by atoms with Gasteiger partial charge in [-0.3, -0.25) is 4.90 Å². The fraction of sp³-hybridized carbons (Fsp3) is 1.00. The molecule has 0 aromatic rings. The molecule has 80 valence electrons. The lowest BCUT2D eigenvalue weighted by atomic mass is 9.73. The fourth-order valence-corrected chi connectivity index (χ4v) is 3.70. The van der Waals surface area contributed by atoms with E-state index in [0.29, 0.717) is 11.1 Å². The van der Waals surface area contributed by atoms with Crippen LogP contribution in [0.15, 0.2) is 0 Å². The first-order valence-electron chi connectivity index (χ1n) is 6.10. The van der Waals surface area contributed by atoms with E-state index in [2.05, 4.69) is 24.1 Å². The maximum atomic E-state index is 3.73. The summed E-state index contributed by atoms with van der Waals surface area (Å²) in [5, 5.41) is 3.73. The molecule has 4 rings (SSSR count). The molecule has 4 aliphatic rings. The van der Waals surface area contributed by atoms with Gasteiger partial charge in [0, 0.05) is 17.6 Å². The highest BCUT2D eigenvalue weighted by Crippen LogP contribution is 2.45. The van der Waals surface area contributed by atoms with Crippen LogP contribution in [0.2, 0.25) is 0 Å². The largest absolute Gasteiger partial charge is 0.310 e. The zero-order valence-corrected chi connectivity index (χ0v) is 9.47. The van der Waals surface area contributed by atoms with Crippen LogP contribution >= 0.6 is 0 Å². The second kappa shape index (κ2) is 2.73. The van der Waals surface area contributed by atoms with E-state index in [-0.39, 0.29) is 0 Å². The minimum Gasteiger partial charge on any atom is -0.310 e. The van der Waals surface area contributed by atoms with Crippen LogP contribution in [0.5, 0.6) is 0 Å². The maximum absolute atomic E-state index is 3.73. The first kappa shape index (κ1) is 9.17. The van der Waals surface area contributed by atoms with E-state index in [0.717, 1.165) is 5.92 Å². The smallest absolute Gasteiger partial charge is 0.0315 e. The average molecular weight is 194 g/mol. The second-order valence-corrected chi connectivity index (χ2v) is 6.27. The molecular weight excluding hydrogens is 172 g/mol. The summed E-state index contributed by atoms with van der Waals surface area (Å²) < 4.78 is 0. The summed E-state index contributed by atoms with van der Waals surface area (Å²) in [6, 6.07) is 0. The molecule has 0 aromatic heterocycles. The van der Waals surface area contributed by atoms with Gasteiger partial charge in [0.05, 0.1) is 0 Å². The lowest BCUT2D eigenvalue weighted by Crippen LogP contribution is -2.55. The average Bonchev–Trinajstić information content (AvgIpc) is 2.66. The Bertz CT molecular complexity index is 235. The molecule has 3 heterocycles. The van der Waals surface area contributed by atoms with Crippen LogP contribution in [-0.2, 0) is 0 Å².